The molecule has 118 valence electrons. The molecular formula is C17H22N2O3. The van der Waals surface area contributed by atoms with Gasteiger partial charge in [-0.25, -0.2) is 4.79 Å². The molecule has 2 rings (SSSR count). The number of rotatable bonds is 4. The molecule has 0 aliphatic heterocycles. The number of carbonyl (C=O) groups excluding carboxylic acids is 1. The number of hydrogen-bond acceptors (Lipinski definition) is 4. The van der Waals surface area contributed by atoms with E-state index in [0.717, 1.165) is 22.5 Å². The number of benzene rings is 1. The summed E-state index contributed by atoms with van der Waals surface area (Å²) in [7, 11) is 3.51. The van der Waals surface area contributed by atoms with E-state index in [9.17, 15) is 4.79 Å². The van der Waals surface area contributed by atoms with E-state index >= 15 is 0 Å². The van der Waals surface area contributed by atoms with Gasteiger partial charge < -0.3 is 19.8 Å². The summed E-state index contributed by atoms with van der Waals surface area (Å²) >= 11 is 0. The summed E-state index contributed by atoms with van der Waals surface area (Å²) < 4.78 is 12.6. The first-order valence-corrected chi connectivity index (χ1v) is 7.19. The highest BCUT2D eigenvalue weighted by Crippen LogP contribution is 2.39. The summed E-state index contributed by atoms with van der Waals surface area (Å²) in [5.74, 6) is 0.309. The SMILES string of the molecule is CCOC(=O)c1c(C)c(-c2cccc(N)c2OC)n(C)c1C. The number of nitrogens with two attached hydrogens (primary N) is 1. The third-order valence-electron chi connectivity index (χ3n) is 3.91. The Morgan fingerprint density at radius 3 is 2.59 bits per heavy atom. The Balaban J connectivity index is 2.71. The van der Waals surface area contributed by atoms with Crippen molar-refractivity contribution in [2.75, 3.05) is 19.5 Å². The van der Waals surface area contributed by atoms with Crippen molar-refractivity contribution >= 4 is 11.7 Å². The number of hydrogen-bond donors (Lipinski definition) is 1. The molecule has 1 aromatic carbocycles. The lowest BCUT2D eigenvalue weighted by atomic mass is 10.0. The van der Waals surface area contributed by atoms with Crippen molar-refractivity contribution in [2.24, 2.45) is 7.05 Å². The summed E-state index contributed by atoms with van der Waals surface area (Å²) in [6, 6.07) is 5.60. The van der Waals surface area contributed by atoms with Crippen LogP contribution in [0.25, 0.3) is 11.3 Å². The second kappa shape index (κ2) is 6.13. The van der Waals surface area contributed by atoms with Gasteiger partial charge in [0.2, 0.25) is 0 Å². The highest BCUT2D eigenvalue weighted by molar-refractivity contribution is 5.96. The van der Waals surface area contributed by atoms with Gasteiger partial charge in [-0.05, 0) is 38.5 Å². The van der Waals surface area contributed by atoms with Crippen LogP contribution in [-0.2, 0) is 11.8 Å². The fraction of sp³-hybridized carbons (Fsp3) is 0.353. The zero-order valence-corrected chi connectivity index (χ0v) is 13.7. The Labute approximate surface area is 130 Å². The summed E-state index contributed by atoms with van der Waals surface area (Å²) in [5.41, 5.74) is 10.7. The van der Waals surface area contributed by atoms with Crippen molar-refractivity contribution in [1.29, 1.82) is 0 Å². The van der Waals surface area contributed by atoms with E-state index in [1.165, 1.54) is 0 Å². The third kappa shape index (κ3) is 2.43. The Kier molecular flexibility index (Phi) is 4.45. The first-order chi connectivity index (χ1) is 10.4. The first-order valence-electron chi connectivity index (χ1n) is 7.19. The van der Waals surface area contributed by atoms with Crippen molar-refractivity contribution in [3.63, 3.8) is 0 Å². The third-order valence-corrected chi connectivity index (χ3v) is 3.91. The highest BCUT2D eigenvalue weighted by Gasteiger charge is 2.24. The molecule has 1 heterocycles. The lowest BCUT2D eigenvalue weighted by Gasteiger charge is -2.13. The largest absolute Gasteiger partial charge is 0.494 e. The second-order valence-corrected chi connectivity index (χ2v) is 5.14. The van der Waals surface area contributed by atoms with Gasteiger partial charge >= 0.3 is 5.97 Å². The maximum Gasteiger partial charge on any atom is 0.340 e. The van der Waals surface area contributed by atoms with E-state index in [-0.39, 0.29) is 5.97 Å². The minimum absolute atomic E-state index is 0.304. The van der Waals surface area contributed by atoms with Crippen LogP contribution in [0.4, 0.5) is 5.69 Å². The highest BCUT2D eigenvalue weighted by atomic mass is 16.5. The van der Waals surface area contributed by atoms with Crippen molar-refractivity contribution in [2.45, 2.75) is 20.8 Å². The average molecular weight is 302 g/mol. The Morgan fingerprint density at radius 2 is 2.00 bits per heavy atom. The summed E-state index contributed by atoms with van der Waals surface area (Å²) in [6.45, 7) is 5.97. The van der Waals surface area contributed by atoms with E-state index in [2.05, 4.69) is 0 Å². The van der Waals surface area contributed by atoms with Crippen molar-refractivity contribution in [3.05, 3.63) is 35.0 Å². The molecule has 0 saturated carbocycles. The van der Waals surface area contributed by atoms with E-state index in [1.54, 1.807) is 20.1 Å². The Bertz CT molecular complexity index is 717. The van der Waals surface area contributed by atoms with Crippen LogP contribution in [0.2, 0.25) is 0 Å². The number of para-hydroxylation sites is 1. The number of anilines is 1. The Hall–Kier alpha value is -2.43. The van der Waals surface area contributed by atoms with Crippen LogP contribution >= 0.6 is 0 Å². The van der Waals surface area contributed by atoms with Gasteiger partial charge in [-0.2, -0.15) is 0 Å². The van der Waals surface area contributed by atoms with Gasteiger partial charge in [-0.15, -0.1) is 0 Å². The fourth-order valence-corrected chi connectivity index (χ4v) is 2.83. The molecule has 0 bridgehead atoms. The fourth-order valence-electron chi connectivity index (χ4n) is 2.83. The maximum absolute atomic E-state index is 12.2. The van der Waals surface area contributed by atoms with E-state index in [1.807, 2.05) is 37.6 Å². The number of nitrogens with zero attached hydrogens (tertiary/aromatic N) is 1. The normalized spacial score (nSPS) is 10.6. The molecule has 5 heteroatoms. The van der Waals surface area contributed by atoms with Gasteiger partial charge in [-0.1, -0.05) is 6.07 Å². The van der Waals surface area contributed by atoms with Gasteiger partial charge in [0.05, 0.1) is 30.7 Å². The van der Waals surface area contributed by atoms with Crippen LogP contribution < -0.4 is 10.5 Å². The second-order valence-electron chi connectivity index (χ2n) is 5.14. The van der Waals surface area contributed by atoms with E-state index in [0.29, 0.717) is 23.6 Å². The first kappa shape index (κ1) is 15.9. The molecule has 2 aromatic rings. The molecule has 0 unspecified atom stereocenters. The van der Waals surface area contributed by atoms with Gasteiger partial charge in [0, 0.05) is 18.3 Å². The summed E-state index contributed by atoms with van der Waals surface area (Å²) in [5, 5.41) is 0. The van der Waals surface area contributed by atoms with Gasteiger partial charge in [0.15, 0.2) is 5.75 Å². The van der Waals surface area contributed by atoms with Crippen LogP contribution in [0.3, 0.4) is 0 Å². The minimum atomic E-state index is -0.304. The number of esters is 1. The van der Waals surface area contributed by atoms with Crippen molar-refractivity contribution in [1.82, 2.24) is 4.57 Å². The van der Waals surface area contributed by atoms with Crippen LogP contribution in [-0.4, -0.2) is 24.3 Å². The van der Waals surface area contributed by atoms with Gasteiger partial charge in [0.1, 0.15) is 0 Å². The molecule has 0 amide bonds. The number of methoxy groups -OCH3 is 1. The average Bonchev–Trinajstić information content (AvgIpc) is 2.69. The molecule has 2 N–H and O–H groups in total. The topological polar surface area (TPSA) is 66.5 Å². The van der Waals surface area contributed by atoms with Crippen LogP contribution in [0.1, 0.15) is 28.5 Å². The van der Waals surface area contributed by atoms with Crippen LogP contribution in [0.15, 0.2) is 18.2 Å². The predicted molar refractivity (Wildman–Crippen MR) is 87.2 cm³/mol. The lowest BCUT2D eigenvalue weighted by molar-refractivity contribution is 0.0524. The summed E-state index contributed by atoms with van der Waals surface area (Å²) in [6.07, 6.45) is 0. The minimum Gasteiger partial charge on any atom is -0.494 e. The Morgan fingerprint density at radius 1 is 1.32 bits per heavy atom. The maximum atomic E-state index is 12.2. The van der Waals surface area contributed by atoms with Crippen molar-refractivity contribution < 1.29 is 14.3 Å². The molecule has 22 heavy (non-hydrogen) atoms. The van der Waals surface area contributed by atoms with Gasteiger partial charge in [0.25, 0.3) is 0 Å². The van der Waals surface area contributed by atoms with E-state index in [4.69, 9.17) is 15.2 Å². The molecule has 1 aromatic heterocycles. The zero-order chi connectivity index (χ0) is 16.4. The monoisotopic (exact) mass is 302 g/mol. The number of nitrogen functional groups attached to an aromatic ring is 1. The number of aromatic nitrogens is 1. The van der Waals surface area contributed by atoms with Crippen LogP contribution in [0.5, 0.6) is 5.75 Å². The molecule has 0 saturated heterocycles. The molecular weight excluding hydrogens is 280 g/mol. The quantitative estimate of drug-likeness (QED) is 0.696. The summed E-state index contributed by atoms with van der Waals surface area (Å²) in [4.78, 5) is 12.2. The molecule has 0 radical (unpaired) electrons. The van der Waals surface area contributed by atoms with Gasteiger partial charge in [-0.3, -0.25) is 0 Å². The number of carbonyl (C=O) groups is 1. The predicted octanol–water partition coefficient (Wildman–Crippen LogP) is 3.08. The molecule has 0 aliphatic carbocycles. The lowest BCUT2D eigenvalue weighted by Crippen LogP contribution is -2.07. The molecule has 0 fully saturated rings. The molecule has 0 spiro atoms. The molecule has 0 aliphatic rings. The van der Waals surface area contributed by atoms with Crippen LogP contribution in [0, 0.1) is 13.8 Å². The smallest absolute Gasteiger partial charge is 0.340 e. The van der Waals surface area contributed by atoms with Crippen molar-refractivity contribution in [3.8, 4) is 17.0 Å². The molecule has 5 nitrogen and oxygen atoms in total. The zero-order valence-electron chi connectivity index (χ0n) is 13.7. The van der Waals surface area contributed by atoms with E-state index < -0.39 is 0 Å². The standard InChI is InChI=1S/C17H22N2O3/c1-6-22-17(20)14-10(2)15(19(4)11(14)3)12-8-7-9-13(18)16(12)21-5/h7-9H,6,18H2,1-5H3. The molecule has 0 atom stereocenters. The number of ether oxygens (including phenoxy) is 2.